The topological polar surface area (TPSA) is 48.5 Å². The predicted octanol–water partition coefficient (Wildman–Crippen LogP) is 5.89. The predicted molar refractivity (Wildman–Crippen MR) is 136 cm³/mol. The number of fused-ring (bicyclic) bond motifs is 1. The number of para-hydroxylation sites is 1. The van der Waals surface area contributed by atoms with Crippen molar-refractivity contribution >= 4 is 28.3 Å². The van der Waals surface area contributed by atoms with E-state index < -0.39 is 11.7 Å². The minimum Gasteiger partial charge on any atom is -0.368 e. The highest BCUT2D eigenvalue weighted by Gasteiger charge is 2.31. The van der Waals surface area contributed by atoms with Crippen LogP contribution >= 0.6 is 0 Å². The molecule has 1 aliphatic heterocycles. The van der Waals surface area contributed by atoms with Gasteiger partial charge in [0, 0.05) is 43.3 Å². The lowest BCUT2D eigenvalue weighted by molar-refractivity contribution is -0.137. The molecule has 0 unspecified atom stereocenters. The van der Waals surface area contributed by atoms with Crippen molar-refractivity contribution in [2.24, 2.45) is 5.92 Å². The number of carbonyl (C=O) groups is 1. The van der Waals surface area contributed by atoms with Crippen LogP contribution in [-0.2, 0) is 6.18 Å². The summed E-state index contributed by atoms with van der Waals surface area (Å²) >= 11 is 0. The Kier molecular flexibility index (Phi) is 6.77. The van der Waals surface area contributed by atoms with Crippen molar-refractivity contribution in [1.82, 2.24) is 10.3 Å². The van der Waals surface area contributed by atoms with Gasteiger partial charge in [-0.1, -0.05) is 31.2 Å². The lowest BCUT2D eigenvalue weighted by Crippen LogP contribution is -2.47. The number of benzene rings is 2. The molecule has 1 aromatic heterocycles. The van der Waals surface area contributed by atoms with E-state index in [-0.39, 0.29) is 11.9 Å². The van der Waals surface area contributed by atoms with Crippen LogP contribution in [0, 0.1) is 5.92 Å². The zero-order chi connectivity index (χ0) is 25.3. The molecule has 2 aliphatic rings. The van der Waals surface area contributed by atoms with E-state index in [1.54, 1.807) is 6.07 Å². The van der Waals surface area contributed by atoms with Gasteiger partial charge in [0.1, 0.15) is 5.82 Å². The van der Waals surface area contributed by atoms with Crippen molar-refractivity contribution in [1.29, 1.82) is 0 Å². The van der Waals surface area contributed by atoms with Gasteiger partial charge in [0.15, 0.2) is 0 Å². The van der Waals surface area contributed by atoms with Gasteiger partial charge < -0.3 is 15.1 Å². The molecule has 2 fully saturated rings. The third-order valence-corrected chi connectivity index (χ3v) is 7.44. The van der Waals surface area contributed by atoms with Gasteiger partial charge in [0.25, 0.3) is 5.91 Å². The number of piperazine rings is 1. The van der Waals surface area contributed by atoms with Gasteiger partial charge in [0.2, 0.25) is 0 Å². The van der Waals surface area contributed by atoms with Crippen LogP contribution in [0.5, 0.6) is 0 Å². The van der Waals surface area contributed by atoms with Crippen LogP contribution in [0.2, 0.25) is 0 Å². The summed E-state index contributed by atoms with van der Waals surface area (Å²) in [6.07, 6.45) is -0.104. The molecule has 1 saturated carbocycles. The standard InChI is InChI=1S/C28H31F3N4O/c1-19-9-11-21(12-10-19)32-27(36)24-18-26(33-25-8-3-2-7-23(24)25)35-15-13-34(14-16-35)22-6-4-5-20(17-22)28(29,30)31/h2-8,17-19,21H,9-16H2,1H3,(H,32,36). The van der Waals surface area contributed by atoms with E-state index in [0.29, 0.717) is 43.3 Å². The Bertz CT molecular complexity index is 1230. The molecule has 3 aromatic rings. The molecule has 0 spiro atoms. The lowest BCUT2D eigenvalue weighted by atomic mass is 9.87. The van der Waals surface area contributed by atoms with E-state index in [9.17, 15) is 18.0 Å². The molecule has 190 valence electrons. The summed E-state index contributed by atoms with van der Waals surface area (Å²) in [7, 11) is 0. The highest BCUT2D eigenvalue weighted by molar-refractivity contribution is 6.07. The van der Waals surface area contributed by atoms with E-state index in [2.05, 4.69) is 17.1 Å². The monoisotopic (exact) mass is 496 g/mol. The van der Waals surface area contributed by atoms with Gasteiger partial charge in [-0.3, -0.25) is 4.79 Å². The summed E-state index contributed by atoms with van der Waals surface area (Å²) in [6, 6.07) is 15.2. The summed E-state index contributed by atoms with van der Waals surface area (Å²) in [4.78, 5) is 22.2. The van der Waals surface area contributed by atoms with Crippen molar-refractivity contribution in [2.45, 2.75) is 44.8 Å². The maximum Gasteiger partial charge on any atom is 0.416 e. The average Bonchev–Trinajstić information content (AvgIpc) is 2.89. The van der Waals surface area contributed by atoms with Crippen LogP contribution in [0.3, 0.4) is 0 Å². The van der Waals surface area contributed by atoms with Crippen molar-refractivity contribution in [3.63, 3.8) is 0 Å². The number of alkyl halides is 3. The molecule has 0 bridgehead atoms. The Balaban J connectivity index is 1.33. The molecule has 5 rings (SSSR count). The number of pyridine rings is 1. The van der Waals surface area contributed by atoms with Gasteiger partial charge in [0.05, 0.1) is 16.6 Å². The SMILES string of the molecule is CC1CCC(NC(=O)c2cc(N3CCN(c4cccc(C(F)(F)F)c4)CC3)nc3ccccc23)CC1. The Hall–Kier alpha value is -3.29. The Morgan fingerprint density at radius 2 is 1.61 bits per heavy atom. The molecular formula is C28H31F3N4O. The molecule has 0 radical (unpaired) electrons. The van der Waals surface area contributed by atoms with E-state index >= 15 is 0 Å². The first-order valence-electron chi connectivity index (χ1n) is 12.7. The normalized spacial score (nSPS) is 21.0. The summed E-state index contributed by atoms with van der Waals surface area (Å²) in [6.45, 7) is 4.59. The third-order valence-electron chi connectivity index (χ3n) is 7.44. The van der Waals surface area contributed by atoms with Crippen LogP contribution in [-0.4, -0.2) is 43.1 Å². The Morgan fingerprint density at radius 1 is 0.917 bits per heavy atom. The van der Waals surface area contributed by atoms with Crippen LogP contribution in [0.25, 0.3) is 10.9 Å². The molecule has 36 heavy (non-hydrogen) atoms. The molecule has 2 heterocycles. The maximum atomic E-state index is 13.3. The second-order valence-electron chi connectivity index (χ2n) is 10.00. The third kappa shape index (κ3) is 5.27. The first kappa shape index (κ1) is 24.4. The largest absolute Gasteiger partial charge is 0.416 e. The van der Waals surface area contributed by atoms with Crippen LogP contribution in [0.4, 0.5) is 24.7 Å². The highest BCUT2D eigenvalue weighted by atomic mass is 19.4. The molecule has 8 heteroatoms. The summed E-state index contributed by atoms with van der Waals surface area (Å²) in [5.41, 5.74) is 1.31. The number of aromatic nitrogens is 1. The minimum absolute atomic E-state index is 0.0722. The average molecular weight is 497 g/mol. The molecule has 1 amide bonds. The highest BCUT2D eigenvalue weighted by Crippen LogP contribution is 2.32. The number of amides is 1. The van der Waals surface area contributed by atoms with Gasteiger partial charge in [-0.05, 0) is 61.9 Å². The number of rotatable bonds is 4. The number of carbonyl (C=O) groups excluding carboxylic acids is 1. The Morgan fingerprint density at radius 3 is 2.33 bits per heavy atom. The zero-order valence-corrected chi connectivity index (χ0v) is 20.4. The molecule has 1 aliphatic carbocycles. The quantitative estimate of drug-likeness (QED) is 0.490. The summed E-state index contributed by atoms with van der Waals surface area (Å²) in [5, 5.41) is 4.06. The van der Waals surface area contributed by atoms with E-state index in [0.717, 1.165) is 48.5 Å². The van der Waals surface area contributed by atoms with Crippen molar-refractivity contribution in [3.8, 4) is 0 Å². The van der Waals surface area contributed by atoms with Crippen molar-refractivity contribution < 1.29 is 18.0 Å². The number of anilines is 2. The number of hydrogen-bond acceptors (Lipinski definition) is 4. The fourth-order valence-corrected chi connectivity index (χ4v) is 5.25. The molecule has 5 nitrogen and oxygen atoms in total. The van der Waals surface area contributed by atoms with E-state index in [1.807, 2.05) is 35.2 Å². The zero-order valence-electron chi connectivity index (χ0n) is 20.4. The summed E-state index contributed by atoms with van der Waals surface area (Å²) in [5.74, 6) is 1.36. The molecule has 0 atom stereocenters. The Labute approximate surface area is 209 Å². The second kappa shape index (κ2) is 9.99. The number of nitrogens with zero attached hydrogens (tertiary/aromatic N) is 3. The number of nitrogens with one attached hydrogen (secondary N) is 1. The molecule has 1 N–H and O–H groups in total. The van der Waals surface area contributed by atoms with Crippen molar-refractivity contribution in [3.05, 3.63) is 65.7 Å². The molecule has 2 aromatic carbocycles. The first-order chi connectivity index (χ1) is 17.3. The fourth-order valence-electron chi connectivity index (χ4n) is 5.25. The number of halogens is 3. The van der Waals surface area contributed by atoms with Crippen LogP contribution in [0.1, 0.15) is 48.5 Å². The summed E-state index contributed by atoms with van der Waals surface area (Å²) < 4.78 is 39.4. The minimum atomic E-state index is -4.36. The van der Waals surface area contributed by atoms with Crippen LogP contribution < -0.4 is 15.1 Å². The maximum absolute atomic E-state index is 13.3. The van der Waals surface area contributed by atoms with E-state index in [4.69, 9.17) is 4.98 Å². The molecule has 1 saturated heterocycles. The van der Waals surface area contributed by atoms with Gasteiger partial charge in [-0.15, -0.1) is 0 Å². The fraction of sp³-hybridized carbons (Fsp3) is 0.429. The number of hydrogen-bond donors (Lipinski definition) is 1. The van der Waals surface area contributed by atoms with Crippen molar-refractivity contribution in [2.75, 3.05) is 36.0 Å². The molecular weight excluding hydrogens is 465 g/mol. The van der Waals surface area contributed by atoms with E-state index in [1.165, 1.54) is 12.1 Å². The van der Waals surface area contributed by atoms with Gasteiger partial charge in [-0.25, -0.2) is 4.98 Å². The lowest BCUT2D eigenvalue weighted by Gasteiger charge is -2.37. The second-order valence-corrected chi connectivity index (χ2v) is 10.00. The van der Waals surface area contributed by atoms with Gasteiger partial charge >= 0.3 is 6.18 Å². The first-order valence-corrected chi connectivity index (χ1v) is 12.7. The smallest absolute Gasteiger partial charge is 0.368 e. The van der Waals surface area contributed by atoms with Gasteiger partial charge in [-0.2, -0.15) is 13.2 Å². The van der Waals surface area contributed by atoms with Crippen LogP contribution in [0.15, 0.2) is 54.6 Å².